The average Bonchev–Trinajstić information content (AvgIpc) is 0. The second-order valence-corrected chi connectivity index (χ2v) is 0. The normalized spacial score (nSPS) is 0. The Morgan fingerprint density at radius 2 is 0.385 bits per heavy atom. The summed E-state index contributed by atoms with van der Waals surface area (Å²) in [5.74, 6) is 0. The molecule has 0 aliphatic heterocycles. The molecule has 0 spiro atoms. The van der Waals surface area contributed by atoms with Gasteiger partial charge in [0.2, 0.25) is 0 Å². The van der Waals surface area contributed by atoms with Crippen LogP contribution in [-0.4, -0.2) is 49.3 Å². The molecule has 13 heteroatoms. The first-order valence-corrected chi connectivity index (χ1v) is 0. The first-order valence-electron chi connectivity index (χ1n) is 0. The van der Waals surface area contributed by atoms with Crippen molar-refractivity contribution in [2.45, 2.75) is 0 Å². The molecule has 0 saturated carbocycles. The van der Waals surface area contributed by atoms with Crippen LogP contribution in [-0.2, 0) is 50.3 Å². The van der Waals surface area contributed by atoms with E-state index in [1.165, 1.54) is 0 Å². The van der Waals surface area contributed by atoms with Crippen LogP contribution in [0.3, 0.4) is 0 Å². The molecule has 0 bridgehead atoms. The van der Waals surface area contributed by atoms with E-state index in [-0.39, 0.29) is 138 Å². The summed E-state index contributed by atoms with van der Waals surface area (Å²) in [6.07, 6.45) is 0. The van der Waals surface area contributed by atoms with Crippen molar-refractivity contribution in [1.29, 1.82) is 0 Å². The molecule has 0 aliphatic carbocycles. The Hall–Kier alpha value is 2.45. The summed E-state index contributed by atoms with van der Waals surface area (Å²) in [4.78, 5) is 0. The van der Waals surface area contributed by atoms with Gasteiger partial charge in [0.25, 0.3) is 0 Å². The summed E-state index contributed by atoms with van der Waals surface area (Å²) in [7, 11) is 0. The SMILES string of the molecule is [Co+2].[Mn+2].[Ni+2].[OH-].[OH-].[OH-].[OH-].[OH-].[OH-].[OH-].[OH-].[OH-].[Tb+3]. The molecule has 0 heterocycles. The zero-order valence-electron chi connectivity index (χ0n) is 5.39. The minimum Gasteiger partial charge on any atom is -0.870 e. The van der Waals surface area contributed by atoms with Gasteiger partial charge in [-0.05, 0) is 0 Å². The molecule has 2 radical (unpaired) electrons. The minimum absolute atomic E-state index is 0. The van der Waals surface area contributed by atoms with Gasteiger partial charge in [-0.15, -0.1) is 0 Å². The van der Waals surface area contributed by atoms with E-state index >= 15 is 0 Å². The van der Waals surface area contributed by atoms with Crippen molar-refractivity contribution in [2.24, 2.45) is 0 Å². The predicted molar refractivity (Wildman–Crippen MR) is 17.4 cm³/mol. The summed E-state index contributed by atoms with van der Waals surface area (Å²) >= 11 is 0. The fourth-order valence-corrected chi connectivity index (χ4v) is 0. The summed E-state index contributed by atoms with van der Waals surface area (Å²) in [6.45, 7) is 0. The summed E-state index contributed by atoms with van der Waals surface area (Å²) in [5, 5.41) is 0. The zero-order valence-corrected chi connectivity index (χ0v) is 10.7. The molecule has 0 amide bonds. The standard InChI is InChI=1S/Co.Mn.Ni.9H2O.Tb/h;;;9*1H2;/q3*+2;;;;;;;;;;+3/p-9. The third kappa shape index (κ3) is 374. The van der Waals surface area contributed by atoms with E-state index in [1.807, 2.05) is 0 Å². The average molecular weight is 485 g/mol. The molecule has 0 aromatic rings. The number of hydrogen-bond donors (Lipinski definition) is 0. The van der Waals surface area contributed by atoms with E-state index in [0.29, 0.717) is 0 Å². The molecule has 0 fully saturated rings. The predicted octanol–water partition coefficient (Wildman–Crippen LogP) is -1.60. The van der Waals surface area contributed by atoms with Gasteiger partial charge in [-0.2, -0.15) is 0 Å². The van der Waals surface area contributed by atoms with Crippen molar-refractivity contribution < 1.29 is 138 Å². The molecule has 9 N–H and O–H groups in total. The molecule has 0 saturated heterocycles. The van der Waals surface area contributed by atoms with E-state index in [0.717, 1.165) is 0 Å². The Kier molecular flexibility index (Phi) is 18100. The Balaban J connectivity index is 0. The minimum atomic E-state index is 0. The topological polar surface area (TPSA) is 270 Å². The molecule has 0 aromatic carbocycles. The largest absolute Gasteiger partial charge is 3.00 e. The molecule has 0 aliphatic rings. The first-order chi connectivity index (χ1) is 0. The molecular weight excluding hydrogens is 475 g/mol. The Bertz CT molecular complexity index is 19.6. The zero-order chi connectivity index (χ0) is 0. The maximum absolute atomic E-state index is 0. The molecular formula is H9CoMnNiO9Tb. The number of hydrogen-bond acceptors (Lipinski definition) is 9. The Morgan fingerprint density at radius 1 is 0.385 bits per heavy atom. The Morgan fingerprint density at radius 3 is 0.385 bits per heavy atom. The monoisotopic (exact) mass is 484 g/mol. The molecule has 0 rings (SSSR count). The van der Waals surface area contributed by atoms with Crippen molar-refractivity contribution in [3.63, 3.8) is 0 Å². The Labute approximate surface area is 137 Å². The molecule has 9 nitrogen and oxygen atoms in total. The number of rotatable bonds is 0. The van der Waals surface area contributed by atoms with E-state index in [4.69, 9.17) is 0 Å². The maximum atomic E-state index is 0. The van der Waals surface area contributed by atoms with Gasteiger partial charge in [0.05, 0.1) is 0 Å². The second-order valence-electron chi connectivity index (χ2n) is 0. The van der Waals surface area contributed by atoms with Crippen molar-refractivity contribution in [3.8, 4) is 0 Å². The van der Waals surface area contributed by atoms with Crippen LogP contribution >= 0.6 is 0 Å². The fraction of sp³-hybridized carbons (Fsp3) is 0. The van der Waals surface area contributed by atoms with Crippen LogP contribution in [0, 0.1) is 38.6 Å². The van der Waals surface area contributed by atoms with E-state index in [1.54, 1.807) is 0 Å². The van der Waals surface area contributed by atoms with Gasteiger partial charge >= 0.3 is 89.0 Å². The van der Waals surface area contributed by atoms with Crippen molar-refractivity contribution >= 4 is 0 Å². The van der Waals surface area contributed by atoms with Crippen molar-refractivity contribution in [2.75, 3.05) is 0 Å². The molecule has 13 heavy (non-hydrogen) atoms. The maximum Gasteiger partial charge on any atom is 3.00 e. The second kappa shape index (κ2) is 437. The molecule has 0 atom stereocenters. The van der Waals surface area contributed by atoms with E-state index in [2.05, 4.69) is 0 Å². The van der Waals surface area contributed by atoms with Crippen LogP contribution in [0.5, 0.6) is 0 Å². The van der Waals surface area contributed by atoms with Crippen LogP contribution in [0.25, 0.3) is 0 Å². The molecule has 0 aromatic heterocycles. The van der Waals surface area contributed by atoms with Crippen LogP contribution in [0.2, 0.25) is 0 Å². The first kappa shape index (κ1) is 539. The van der Waals surface area contributed by atoms with Crippen LogP contribution in [0.1, 0.15) is 0 Å². The third-order valence-corrected chi connectivity index (χ3v) is 0. The molecule has 98 valence electrons. The smallest absolute Gasteiger partial charge is 0.870 e. The van der Waals surface area contributed by atoms with Gasteiger partial charge in [-0.3, -0.25) is 0 Å². The quantitative estimate of drug-likeness (QED) is 0.357. The summed E-state index contributed by atoms with van der Waals surface area (Å²) in [5.41, 5.74) is 0. The van der Waals surface area contributed by atoms with Gasteiger partial charge in [-0.25, -0.2) is 0 Å². The van der Waals surface area contributed by atoms with Crippen LogP contribution in [0.4, 0.5) is 0 Å². The summed E-state index contributed by atoms with van der Waals surface area (Å²) < 4.78 is 0. The fourth-order valence-electron chi connectivity index (χ4n) is 0. The van der Waals surface area contributed by atoms with Crippen LogP contribution < -0.4 is 0 Å². The van der Waals surface area contributed by atoms with Gasteiger partial charge in [0.15, 0.2) is 0 Å². The van der Waals surface area contributed by atoms with E-state index in [9.17, 15) is 0 Å². The van der Waals surface area contributed by atoms with Gasteiger partial charge in [0, 0.05) is 0 Å². The van der Waals surface area contributed by atoms with E-state index < -0.39 is 0 Å². The molecule has 0 unspecified atom stereocenters. The summed E-state index contributed by atoms with van der Waals surface area (Å²) in [6, 6.07) is 0. The van der Waals surface area contributed by atoms with Gasteiger partial charge in [-0.1, -0.05) is 0 Å². The van der Waals surface area contributed by atoms with Crippen molar-refractivity contribution in [3.05, 3.63) is 0 Å². The van der Waals surface area contributed by atoms with Crippen molar-refractivity contribution in [1.82, 2.24) is 0 Å². The van der Waals surface area contributed by atoms with Crippen LogP contribution in [0.15, 0.2) is 0 Å². The van der Waals surface area contributed by atoms with Gasteiger partial charge < -0.3 is 49.3 Å². The van der Waals surface area contributed by atoms with Gasteiger partial charge in [0.1, 0.15) is 0 Å². The third-order valence-electron chi connectivity index (χ3n) is 0.